The Morgan fingerprint density at radius 1 is 1.25 bits per heavy atom. The fourth-order valence-electron chi connectivity index (χ4n) is 3.51. The van der Waals surface area contributed by atoms with Crippen molar-refractivity contribution in [2.45, 2.75) is 6.42 Å². The fraction of sp³-hybridized carbons (Fsp3) is 0.300. The third-order valence-electron chi connectivity index (χ3n) is 4.94. The quantitative estimate of drug-likeness (QED) is 0.730. The van der Waals surface area contributed by atoms with Gasteiger partial charge in [0.2, 0.25) is 0 Å². The number of ether oxygens (including phenoxy) is 1. The second kappa shape index (κ2) is 7.10. The van der Waals surface area contributed by atoms with Crippen molar-refractivity contribution in [3.63, 3.8) is 0 Å². The van der Waals surface area contributed by atoms with E-state index in [2.05, 4.69) is 10.3 Å². The molecule has 0 spiro atoms. The van der Waals surface area contributed by atoms with Crippen LogP contribution in [-0.4, -0.2) is 47.2 Å². The molecule has 1 aliphatic rings. The van der Waals surface area contributed by atoms with Gasteiger partial charge in [0.1, 0.15) is 24.7 Å². The zero-order valence-corrected chi connectivity index (χ0v) is 15.6. The number of pyridine rings is 1. The van der Waals surface area contributed by atoms with E-state index in [4.69, 9.17) is 4.74 Å². The number of halogens is 2. The van der Waals surface area contributed by atoms with Crippen molar-refractivity contribution in [2.24, 2.45) is 7.05 Å². The molecule has 0 saturated carbocycles. The summed E-state index contributed by atoms with van der Waals surface area (Å²) in [4.78, 5) is 18.9. The minimum atomic E-state index is -0.678. The number of nitrogens with zero attached hydrogens (tertiary/aromatic N) is 3. The number of carbonyl (C=O) groups is 1. The molecule has 1 N–H and O–H groups in total. The van der Waals surface area contributed by atoms with E-state index in [1.165, 1.54) is 12.1 Å². The number of amides is 1. The van der Waals surface area contributed by atoms with Gasteiger partial charge >= 0.3 is 0 Å². The van der Waals surface area contributed by atoms with Crippen molar-refractivity contribution in [3.8, 4) is 5.75 Å². The Morgan fingerprint density at radius 2 is 2.07 bits per heavy atom. The number of hydrogen-bond donors (Lipinski definition) is 1. The average molecular weight is 386 g/mol. The Morgan fingerprint density at radius 3 is 2.82 bits per heavy atom. The first-order valence-electron chi connectivity index (χ1n) is 8.98. The number of hydrogen-bond acceptors (Lipinski definition) is 4. The zero-order valence-electron chi connectivity index (χ0n) is 15.6. The second-order valence-electron chi connectivity index (χ2n) is 6.73. The molecule has 6 nitrogen and oxygen atoms in total. The maximum absolute atomic E-state index is 14.1. The van der Waals surface area contributed by atoms with Crippen molar-refractivity contribution in [1.29, 1.82) is 0 Å². The first-order valence-corrected chi connectivity index (χ1v) is 8.98. The van der Waals surface area contributed by atoms with E-state index in [1.807, 2.05) is 17.7 Å². The molecule has 0 aliphatic carbocycles. The van der Waals surface area contributed by atoms with Crippen molar-refractivity contribution in [3.05, 3.63) is 47.4 Å². The molecule has 0 unspecified atom stereocenters. The van der Waals surface area contributed by atoms with Gasteiger partial charge in [0, 0.05) is 49.9 Å². The van der Waals surface area contributed by atoms with Gasteiger partial charge in [0.05, 0.1) is 5.56 Å². The van der Waals surface area contributed by atoms with Gasteiger partial charge in [-0.15, -0.1) is 0 Å². The molecule has 2 aromatic heterocycles. The predicted molar refractivity (Wildman–Crippen MR) is 103 cm³/mol. The van der Waals surface area contributed by atoms with E-state index in [9.17, 15) is 13.6 Å². The Kier molecular flexibility index (Phi) is 4.62. The molecule has 0 fully saturated rings. The number of rotatable bonds is 5. The normalized spacial score (nSPS) is 13.7. The van der Waals surface area contributed by atoms with Crippen LogP contribution in [0.5, 0.6) is 5.75 Å². The molecule has 3 aromatic rings. The van der Waals surface area contributed by atoms with Crippen LogP contribution in [0, 0.1) is 5.82 Å². The Hall–Kier alpha value is -3.16. The summed E-state index contributed by atoms with van der Waals surface area (Å²) in [5, 5.41) is 3.86. The molecule has 0 radical (unpaired) electrons. The summed E-state index contributed by atoms with van der Waals surface area (Å²) >= 11 is 0. The van der Waals surface area contributed by atoms with Crippen molar-refractivity contribution in [1.82, 2.24) is 14.5 Å². The van der Waals surface area contributed by atoms with Crippen LogP contribution in [0.25, 0.3) is 11.0 Å². The smallest absolute Gasteiger partial charge is 0.256 e. The van der Waals surface area contributed by atoms with Crippen LogP contribution in [0.3, 0.4) is 0 Å². The highest BCUT2D eigenvalue weighted by Gasteiger charge is 2.28. The number of alkyl halides is 1. The van der Waals surface area contributed by atoms with Gasteiger partial charge in [-0.3, -0.25) is 4.79 Å². The Labute approximate surface area is 160 Å². The van der Waals surface area contributed by atoms with Crippen molar-refractivity contribution in [2.75, 3.05) is 32.2 Å². The Bertz CT molecular complexity index is 1060. The number of aromatic nitrogens is 2. The molecule has 146 valence electrons. The first kappa shape index (κ1) is 18.2. The van der Waals surface area contributed by atoms with Crippen LogP contribution in [0.15, 0.2) is 30.3 Å². The lowest BCUT2D eigenvalue weighted by atomic mass is 10.0. The van der Waals surface area contributed by atoms with Gasteiger partial charge in [0.15, 0.2) is 11.6 Å². The summed E-state index contributed by atoms with van der Waals surface area (Å²) in [5.74, 6) is -0.0461. The summed E-state index contributed by atoms with van der Waals surface area (Å²) in [6.07, 6.45) is 0.777. The van der Waals surface area contributed by atoms with E-state index in [1.54, 1.807) is 24.1 Å². The molecule has 0 bridgehead atoms. The third-order valence-corrected chi connectivity index (χ3v) is 4.94. The van der Waals surface area contributed by atoms with Crippen LogP contribution in [0.4, 0.5) is 20.3 Å². The summed E-state index contributed by atoms with van der Waals surface area (Å²) < 4.78 is 33.2. The molecule has 3 heterocycles. The lowest BCUT2D eigenvalue weighted by Crippen LogP contribution is -2.34. The highest BCUT2D eigenvalue weighted by molar-refractivity contribution is 6.08. The largest absolute Gasteiger partial charge is 0.488 e. The maximum Gasteiger partial charge on any atom is 0.256 e. The molecular weight excluding hydrogens is 366 g/mol. The van der Waals surface area contributed by atoms with Crippen LogP contribution in [0.2, 0.25) is 0 Å². The summed E-state index contributed by atoms with van der Waals surface area (Å²) in [7, 11) is 3.69. The molecular formula is C20H20F2N4O2. The molecule has 1 aromatic carbocycles. The summed E-state index contributed by atoms with van der Waals surface area (Å²) in [6.45, 7) is -0.187. The Balaban J connectivity index is 1.65. The number of carbonyl (C=O) groups excluding carboxylic acids is 1. The van der Waals surface area contributed by atoms with Gasteiger partial charge < -0.3 is 19.5 Å². The minimum Gasteiger partial charge on any atom is -0.488 e. The zero-order chi connectivity index (χ0) is 19.8. The predicted octanol–water partition coefficient (Wildman–Crippen LogP) is 3.43. The first-order chi connectivity index (χ1) is 13.5. The van der Waals surface area contributed by atoms with Gasteiger partial charge in [0.25, 0.3) is 5.91 Å². The second-order valence-corrected chi connectivity index (χ2v) is 6.73. The maximum atomic E-state index is 14.1. The van der Waals surface area contributed by atoms with Crippen LogP contribution in [0.1, 0.15) is 16.1 Å². The molecule has 1 aliphatic heterocycles. The standard InChI is InChI=1S/C20H20F2N4O2/c1-25-9-7-15-18(20(25)27)13-4-6-17(24-19(13)26(15)2)23-12-3-5-16(14(22)11-12)28-10-8-21/h3-6,11H,7-10H2,1-2H3,(H,23,24). The fourth-order valence-corrected chi connectivity index (χ4v) is 3.51. The van der Waals surface area contributed by atoms with Gasteiger partial charge in [-0.25, -0.2) is 13.8 Å². The van der Waals surface area contributed by atoms with Crippen molar-refractivity contribution < 1.29 is 18.3 Å². The lowest BCUT2D eigenvalue weighted by Gasteiger charge is -2.23. The molecule has 0 atom stereocenters. The summed E-state index contributed by atoms with van der Waals surface area (Å²) in [5.41, 5.74) is 2.86. The number of nitrogens with one attached hydrogen (secondary N) is 1. The number of fused-ring (bicyclic) bond motifs is 3. The van der Waals surface area contributed by atoms with Crippen LogP contribution in [-0.2, 0) is 13.5 Å². The van der Waals surface area contributed by atoms with Crippen LogP contribution >= 0.6 is 0 Å². The van der Waals surface area contributed by atoms with Gasteiger partial charge in [-0.05, 0) is 24.3 Å². The van der Waals surface area contributed by atoms with Gasteiger partial charge in [-0.2, -0.15) is 0 Å². The van der Waals surface area contributed by atoms with Crippen LogP contribution < -0.4 is 10.1 Å². The SMILES string of the molecule is CN1CCc2c(c3ccc(Nc4ccc(OCCF)c(F)c4)nc3n2C)C1=O. The van der Waals surface area contributed by atoms with E-state index >= 15 is 0 Å². The number of benzene rings is 1. The lowest BCUT2D eigenvalue weighted by molar-refractivity contribution is 0.0781. The minimum absolute atomic E-state index is 0.000276. The highest BCUT2D eigenvalue weighted by atomic mass is 19.1. The molecule has 4 rings (SSSR count). The van der Waals surface area contributed by atoms with Gasteiger partial charge in [-0.1, -0.05) is 0 Å². The molecule has 1 amide bonds. The van der Waals surface area contributed by atoms with Crippen molar-refractivity contribution >= 4 is 28.4 Å². The van der Waals surface area contributed by atoms with E-state index in [-0.39, 0.29) is 18.3 Å². The number of likely N-dealkylation sites (N-methyl/N-ethyl adjacent to an activating group) is 1. The topological polar surface area (TPSA) is 59.4 Å². The van der Waals surface area contributed by atoms with E-state index in [0.717, 1.165) is 17.5 Å². The third kappa shape index (κ3) is 3.04. The average Bonchev–Trinajstić information content (AvgIpc) is 2.96. The molecule has 0 saturated heterocycles. The summed E-state index contributed by atoms with van der Waals surface area (Å²) in [6, 6.07) is 7.97. The molecule has 8 heteroatoms. The number of anilines is 2. The van der Waals surface area contributed by atoms with E-state index in [0.29, 0.717) is 29.3 Å². The van der Waals surface area contributed by atoms with E-state index < -0.39 is 12.5 Å². The molecule has 28 heavy (non-hydrogen) atoms. The monoisotopic (exact) mass is 386 g/mol. The highest BCUT2D eigenvalue weighted by Crippen LogP contribution is 2.30. The number of aryl methyl sites for hydroxylation is 1.